The number of primary amides is 1. The highest BCUT2D eigenvalue weighted by Crippen LogP contribution is 2.52. The van der Waals surface area contributed by atoms with E-state index < -0.39 is 57.8 Å². The number of amides is 1. The molecule has 1 amide bonds. The fourth-order valence-electron chi connectivity index (χ4n) is 5.18. The van der Waals surface area contributed by atoms with E-state index in [-0.39, 0.29) is 36.0 Å². The van der Waals surface area contributed by atoms with E-state index >= 15 is 0 Å². The fraction of sp³-hybridized carbons (Fsp3) is 0.364. The number of hydrogen-bond acceptors (Lipinski definition) is 9. The zero-order valence-corrected chi connectivity index (χ0v) is 17.4. The lowest BCUT2D eigenvalue weighted by Crippen LogP contribution is -2.57. The van der Waals surface area contributed by atoms with Crippen LogP contribution in [0.15, 0.2) is 28.7 Å². The van der Waals surface area contributed by atoms with E-state index in [4.69, 9.17) is 5.73 Å². The van der Waals surface area contributed by atoms with Crippen molar-refractivity contribution in [1.82, 2.24) is 0 Å². The van der Waals surface area contributed by atoms with E-state index in [1.54, 1.807) is 19.0 Å². The SMILES string of the molecule is CN(C)c1cc(C=O)c(O)c2c1C[C@H]1C[C@H]3CC(O)=C(C(N)=O)C(=O)[C@@]3(O)C(O)=C1C2=O. The van der Waals surface area contributed by atoms with Gasteiger partial charge in [0.2, 0.25) is 5.78 Å². The van der Waals surface area contributed by atoms with Crippen molar-refractivity contribution >= 4 is 29.4 Å². The van der Waals surface area contributed by atoms with Crippen molar-refractivity contribution in [2.75, 3.05) is 19.0 Å². The number of aliphatic hydroxyl groups is 3. The fourth-order valence-corrected chi connectivity index (χ4v) is 5.18. The molecule has 0 aromatic heterocycles. The van der Waals surface area contributed by atoms with E-state index in [1.807, 2.05) is 0 Å². The second kappa shape index (κ2) is 6.92. The molecule has 0 saturated heterocycles. The van der Waals surface area contributed by atoms with Crippen LogP contribution < -0.4 is 10.6 Å². The van der Waals surface area contributed by atoms with Crippen molar-refractivity contribution in [3.63, 3.8) is 0 Å². The van der Waals surface area contributed by atoms with E-state index in [2.05, 4.69) is 0 Å². The van der Waals surface area contributed by atoms with E-state index in [0.717, 1.165) is 0 Å². The molecule has 0 heterocycles. The maximum absolute atomic E-state index is 13.4. The number of benzene rings is 1. The Morgan fingerprint density at radius 2 is 1.88 bits per heavy atom. The van der Waals surface area contributed by atoms with Gasteiger partial charge in [0, 0.05) is 37.7 Å². The summed E-state index contributed by atoms with van der Waals surface area (Å²) >= 11 is 0. The van der Waals surface area contributed by atoms with Gasteiger partial charge in [0.15, 0.2) is 17.7 Å². The van der Waals surface area contributed by atoms with Gasteiger partial charge in [0.1, 0.15) is 22.8 Å². The molecular weight excluding hydrogens is 420 g/mol. The number of anilines is 1. The van der Waals surface area contributed by atoms with E-state index in [1.165, 1.54) is 6.07 Å². The number of hydrogen-bond donors (Lipinski definition) is 5. The Hall–Kier alpha value is -3.66. The third-order valence-electron chi connectivity index (χ3n) is 6.68. The van der Waals surface area contributed by atoms with Crippen LogP contribution in [0.5, 0.6) is 5.75 Å². The number of rotatable bonds is 3. The summed E-state index contributed by atoms with van der Waals surface area (Å²) < 4.78 is 0. The zero-order valence-electron chi connectivity index (χ0n) is 17.4. The second-order valence-corrected chi connectivity index (χ2v) is 8.61. The van der Waals surface area contributed by atoms with Gasteiger partial charge in [-0.25, -0.2) is 0 Å². The van der Waals surface area contributed by atoms with Gasteiger partial charge in [-0.1, -0.05) is 0 Å². The molecule has 0 bridgehead atoms. The number of allylic oxidation sites excluding steroid dienone is 2. The Labute approximate surface area is 182 Å². The molecule has 0 fully saturated rings. The Morgan fingerprint density at radius 3 is 2.44 bits per heavy atom. The first kappa shape index (κ1) is 21.6. The number of fused-ring (bicyclic) bond motifs is 3. The number of phenolic OH excluding ortho intramolecular Hbond substituents is 1. The van der Waals surface area contributed by atoms with Crippen molar-refractivity contribution in [2.45, 2.75) is 24.9 Å². The molecule has 3 aliphatic carbocycles. The van der Waals surface area contributed by atoms with Crippen molar-refractivity contribution in [2.24, 2.45) is 17.6 Å². The number of aliphatic hydroxyl groups excluding tert-OH is 2. The number of carbonyl (C=O) groups excluding carboxylic acids is 4. The summed E-state index contributed by atoms with van der Waals surface area (Å²) in [6.45, 7) is 0. The standard InChI is InChI=1S/C22H22N2O8/c1-24(2)12-5-9(7-25)17(27)15-11(12)4-8-3-10-6-13(26)16(21(23)31)20(30)22(10,32)19(29)14(8)18(15)28/h5,7-8,10,26-27,29,32H,3-4,6H2,1-2H3,(H2,23,31)/t8-,10+,22+/m1/s1. The normalized spacial score (nSPS) is 27.0. The van der Waals surface area contributed by atoms with Crippen LogP contribution in [-0.2, 0) is 16.0 Å². The van der Waals surface area contributed by atoms with Crippen LogP contribution in [-0.4, -0.2) is 63.9 Å². The largest absolute Gasteiger partial charge is 0.511 e. The molecule has 4 rings (SSSR count). The minimum absolute atomic E-state index is 0.0476. The molecule has 3 aliphatic rings. The molecule has 1 aromatic carbocycles. The number of nitrogens with zero attached hydrogens (tertiary/aromatic N) is 1. The molecule has 0 unspecified atom stereocenters. The molecule has 0 radical (unpaired) electrons. The van der Waals surface area contributed by atoms with Gasteiger partial charge in [0.25, 0.3) is 5.91 Å². The van der Waals surface area contributed by atoms with Crippen molar-refractivity contribution in [3.05, 3.63) is 45.4 Å². The lowest BCUT2D eigenvalue weighted by Gasteiger charge is -2.45. The van der Waals surface area contributed by atoms with Crippen molar-refractivity contribution in [3.8, 4) is 5.75 Å². The molecule has 3 atom stereocenters. The third kappa shape index (κ3) is 2.62. The number of aldehydes is 1. The first-order valence-corrected chi connectivity index (χ1v) is 9.93. The minimum atomic E-state index is -2.61. The maximum Gasteiger partial charge on any atom is 0.255 e. The monoisotopic (exact) mass is 442 g/mol. The van der Waals surface area contributed by atoms with E-state index in [0.29, 0.717) is 17.5 Å². The summed E-state index contributed by atoms with van der Waals surface area (Å²) in [4.78, 5) is 51.1. The van der Waals surface area contributed by atoms with Gasteiger partial charge in [-0.2, -0.15) is 0 Å². The molecule has 10 heteroatoms. The van der Waals surface area contributed by atoms with Gasteiger partial charge in [-0.05, 0) is 30.4 Å². The predicted octanol–water partition coefficient (Wildman–Crippen LogP) is 0.459. The second-order valence-electron chi connectivity index (χ2n) is 8.61. The molecule has 0 saturated carbocycles. The zero-order chi connectivity index (χ0) is 23.7. The quantitative estimate of drug-likeness (QED) is 0.328. The van der Waals surface area contributed by atoms with Crippen LogP contribution in [0.3, 0.4) is 0 Å². The van der Waals surface area contributed by atoms with Gasteiger partial charge in [-0.3, -0.25) is 19.2 Å². The highest BCUT2D eigenvalue weighted by molar-refractivity contribution is 6.24. The molecule has 1 aromatic rings. The highest BCUT2D eigenvalue weighted by Gasteiger charge is 2.59. The van der Waals surface area contributed by atoms with Crippen molar-refractivity contribution < 1.29 is 39.6 Å². The Morgan fingerprint density at radius 1 is 1.22 bits per heavy atom. The summed E-state index contributed by atoms with van der Waals surface area (Å²) in [6.07, 6.45) is 0.337. The van der Waals surface area contributed by atoms with Crippen LogP contribution in [0.25, 0.3) is 0 Å². The Kier molecular flexibility index (Phi) is 4.67. The number of ketones is 2. The number of nitrogens with two attached hydrogens (primary N) is 1. The molecule has 32 heavy (non-hydrogen) atoms. The summed E-state index contributed by atoms with van der Waals surface area (Å²) in [7, 11) is 3.42. The van der Waals surface area contributed by atoms with Crippen LogP contribution in [0, 0.1) is 11.8 Å². The number of Topliss-reactive ketones (excluding diaryl/α,β-unsaturated/α-hetero) is 2. The van der Waals surface area contributed by atoms with Crippen LogP contribution >= 0.6 is 0 Å². The van der Waals surface area contributed by atoms with Crippen LogP contribution in [0.1, 0.15) is 39.1 Å². The molecule has 10 nitrogen and oxygen atoms in total. The summed E-state index contributed by atoms with van der Waals surface area (Å²) in [5.74, 6) is -7.03. The minimum Gasteiger partial charge on any atom is -0.511 e. The molecular formula is C22H22N2O8. The molecule has 0 spiro atoms. The van der Waals surface area contributed by atoms with Gasteiger partial charge in [0.05, 0.1) is 11.1 Å². The summed E-state index contributed by atoms with van der Waals surface area (Å²) in [6, 6.07) is 1.46. The lowest BCUT2D eigenvalue weighted by molar-refractivity contribution is -0.144. The topological polar surface area (TPSA) is 178 Å². The summed E-state index contributed by atoms with van der Waals surface area (Å²) in [5, 5.41) is 42.9. The average molecular weight is 442 g/mol. The van der Waals surface area contributed by atoms with Crippen LogP contribution in [0.2, 0.25) is 0 Å². The molecule has 0 aliphatic heterocycles. The molecule has 6 N–H and O–H groups in total. The third-order valence-corrected chi connectivity index (χ3v) is 6.68. The Bertz CT molecular complexity index is 1180. The molecule has 168 valence electrons. The van der Waals surface area contributed by atoms with Crippen LogP contribution in [0.4, 0.5) is 5.69 Å². The number of carbonyl (C=O) groups is 4. The average Bonchev–Trinajstić information content (AvgIpc) is 2.70. The van der Waals surface area contributed by atoms with Gasteiger partial charge < -0.3 is 31.1 Å². The number of phenols is 1. The smallest absolute Gasteiger partial charge is 0.255 e. The maximum atomic E-state index is 13.4. The lowest BCUT2D eigenvalue weighted by atomic mass is 9.60. The van der Waals surface area contributed by atoms with E-state index in [9.17, 15) is 39.6 Å². The first-order valence-electron chi connectivity index (χ1n) is 9.93. The predicted molar refractivity (Wildman–Crippen MR) is 111 cm³/mol. The Balaban J connectivity index is 1.96. The van der Waals surface area contributed by atoms with Gasteiger partial charge >= 0.3 is 0 Å². The van der Waals surface area contributed by atoms with Crippen molar-refractivity contribution in [1.29, 1.82) is 0 Å². The first-order chi connectivity index (χ1) is 14.9. The number of aromatic hydroxyl groups is 1. The summed E-state index contributed by atoms with van der Waals surface area (Å²) in [5.41, 5.74) is 2.16. The highest BCUT2D eigenvalue weighted by atomic mass is 16.3. The van der Waals surface area contributed by atoms with Gasteiger partial charge in [-0.15, -0.1) is 0 Å².